The molecule has 1 heterocycles. The van der Waals surface area contributed by atoms with Crippen molar-refractivity contribution in [3.8, 4) is 0 Å². The lowest BCUT2D eigenvalue weighted by Crippen LogP contribution is -2.26. The summed E-state index contributed by atoms with van der Waals surface area (Å²) in [5, 5.41) is 14.7. The molecule has 0 fully saturated rings. The fourth-order valence-electron chi connectivity index (χ4n) is 1.20. The fraction of sp³-hybridized carbons (Fsp3) is 0.500. The number of nitrogens with zero attached hydrogens (tertiary/aromatic N) is 1. The summed E-state index contributed by atoms with van der Waals surface area (Å²) in [4.78, 5) is 21.5. The van der Waals surface area contributed by atoms with Crippen molar-refractivity contribution in [2.45, 2.75) is 26.2 Å². The first kappa shape index (κ1) is 12.2. The number of amides is 1. The predicted molar refractivity (Wildman–Crippen MR) is 54.8 cm³/mol. The quantitative estimate of drug-likeness (QED) is 0.689. The van der Waals surface area contributed by atoms with Crippen LogP contribution in [0.1, 0.15) is 24.3 Å². The highest BCUT2D eigenvalue weighted by Crippen LogP contribution is 2.01. The Bertz CT molecular complexity index is 373. The van der Waals surface area contributed by atoms with E-state index in [1.807, 2.05) is 0 Å². The number of nitrogens with one attached hydrogen (secondary N) is 1. The molecule has 0 aromatic carbocycles. The van der Waals surface area contributed by atoms with Crippen LogP contribution in [0, 0.1) is 6.92 Å². The summed E-state index contributed by atoms with van der Waals surface area (Å²) in [6.07, 6.45) is 0.646. The first-order valence-corrected chi connectivity index (χ1v) is 4.98. The molecule has 0 bridgehead atoms. The minimum atomic E-state index is -0.860. The van der Waals surface area contributed by atoms with Gasteiger partial charge in [-0.2, -0.15) is 0 Å². The van der Waals surface area contributed by atoms with Crippen LogP contribution in [0.25, 0.3) is 0 Å². The molecule has 0 unspecified atom stereocenters. The van der Waals surface area contributed by atoms with Gasteiger partial charge in [0.2, 0.25) is 5.91 Å². The number of rotatable bonds is 6. The largest absolute Gasteiger partial charge is 0.481 e. The molecule has 6 nitrogen and oxygen atoms in total. The summed E-state index contributed by atoms with van der Waals surface area (Å²) in [5.41, 5.74) is 0.577. The molecule has 6 heteroatoms. The van der Waals surface area contributed by atoms with Crippen LogP contribution in [-0.2, 0) is 16.0 Å². The molecule has 0 spiro atoms. The molecule has 0 aliphatic carbocycles. The second kappa shape index (κ2) is 5.89. The molecule has 2 N–H and O–H groups in total. The van der Waals surface area contributed by atoms with Crippen molar-refractivity contribution in [2.75, 3.05) is 6.54 Å². The zero-order valence-corrected chi connectivity index (χ0v) is 9.02. The Hall–Kier alpha value is -1.85. The molecule has 0 radical (unpaired) electrons. The Morgan fingerprint density at radius 1 is 1.56 bits per heavy atom. The van der Waals surface area contributed by atoms with E-state index in [0.29, 0.717) is 24.4 Å². The Morgan fingerprint density at radius 3 is 2.88 bits per heavy atom. The van der Waals surface area contributed by atoms with Gasteiger partial charge in [0.1, 0.15) is 5.76 Å². The van der Waals surface area contributed by atoms with Crippen molar-refractivity contribution in [2.24, 2.45) is 0 Å². The second-order valence-corrected chi connectivity index (χ2v) is 3.45. The van der Waals surface area contributed by atoms with Crippen LogP contribution >= 0.6 is 0 Å². The molecule has 88 valence electrons. The minimum Gasteiger partial charge on any atom is -0.481 e. The van der Waals surface area contributed by atoms with Crippen LogP contribution in [0.3, 0.4) is 0 Å². The van der Waals surface area contributed by atoms with Crippen molar-refractivity contribution in [3.05, 3.63) is 17.5 Å². The molecule has 1 aromatic heterocycles. The van der Waals surface area contributed by atoms with Gasteiger partial charge in [0.05, 0.1) is 12.1 Å². The van der Waals surface area contributed by atoms with Crippen molar-refractivity contribution in [1.82, 2.24) is 10.5 Å². The highest BCUT2D eigenvalue weighted by atomic mass is 16.5. The number of aromatic nitrogens is 1. The molecular weight excluding hydrogens is 212 g/mol. The average molecular weight is 226 g/mol. The van der Waals surface area contributed by atoms with Gasteiger partial charge < -0.3 is 14.9 Å². The third-order valence-electron chi connectivity index (χ3n) is 1.91. The SMILES string of the molecule is Cc1cc(CC(=O)NCCCC(=O)O)no1. The van der Waals surface area contributed by atoms with Crippen LogP contribution in [-0.4, -0.2) is 28.7 Å². The van der Waals surface area contributed by atoms with E-state index in [4.69, 9.17) is 9.63 Å². The summed E-state index contributed by atoms with van der Waals surface area (Å²) >= 11 is 0. The number of hydrogen-bond donors (Lipinski definition) is 2. The number of carboxylic acids is 1. The van der Waals surface area contributed by atoms with Gasteiger partial charge in [-0.3, -0.25) is 9.59 Å². The van der Waals surface area contributed by atoms with Crippen LogP contribution in [0.2, 0.25) is 0 Å². The number of hydrogen-bond acceptors (Lipinski definition) is 4. The molecule has 0 aliphatic heterocycles. The molecule has 16 heavy (non-hydrogen) atoms. The number of carbonyl (C=O) groups excluding carboxylic acids is 1. The maximum atomic E-state index is 11.3. The summed E-state index contributed by atoms with van der Waals surface area (Å²) < 4.78 is 4.81. The Morgan fingerprint density at radius 2 is 2.31 bits per heavy atom. The molecule has 1 amide bonds. The topological polar surface area (TPSA) is 92.4 Å². The normalized spacial score (nSPS) is 10.1. The van der Waals surface area contributed by atoms with Crippen molar-refractivity contribution in [3.63, 3.8) is 0 Å². The lowest BCUT2D eigenvalue weighted by atomic mass is 10.2. The Balaban J connectivity index is 2.18. The Labute approximate surface area is 92.6 Å². The van der Waals surface area contributed by atoms with E-state index in [9.17, 15) is 9.59 Å². The summed E-state index contributed by atoms with van der Waals surface area (Å²) in [6, 6.07) is 1.69. The van der Waals surface area contributed by atoms with Crippen LogP contribution < -0.4 is 5.32 Å². The number of aryl methyl sites for hydroxylation is 1. The highest BCUT2D eigenvalue weighted by Gasteiger charge is 2.07. The molecule has 0 saturated carbocycles. The maximum absolute atomic E-state index is 11.3. The summed E-state index contributed by atoms with van der Waals surface area (Å²) in [5.74, 6) is -0.381. The molecule has 1 aromatic rings. The number of carboxylic acid groups (broad SMARTS) is 1. The second-order valence-electron chi connectivity index (χ2n) is 3.45. The molecule has 0 aliphatic rings. The standard InChI is InChI=1S/C10H14N2O4/c1-7-5-8(12-16-7)6-9(13)11-4-2-3-10(14)15/h5H,2-4,6H2,1H3,(H,11,13)(H,14,15). The Kier molecular flexibility index (Phi) is 4.50. The first-order chi connectivity index (χ1) is 7.58. The smallest absolute Gasteiger partial charge is 0.303 e. The van der Waals surface area contributed by atoms with E-state index in [2.05, 4.69) is 10.5 Å². The predicted octanol–water partition coefficient (Wildman–Crippen LogP) is 0.507. The van der Waals surface area contributed by atoms with Crippen LogP contribution in [0.15, 0.2) is 10.6 Å². The van der Waals surface area contributed by atoms with Gasteiger partial charge in [0, 0.05) is 19.0 Å². The average Bonchev–Trinajstić information content (AvgIpc) is 2.58. The van der Waals surface area contributed by atoms with E-state index in [-0.39, 0.29) is 18.7 Å². The van der Waals surface area contributed by atoms with Crippen LogP contribution in [0.4, 0.5) is 0 Å². The number of carbonyl (C=O) groups is 2. The lowest BCUT2D eigenvalue weighted by Gasteiger charge is -2.01. The monoisotopic (exact) mass is 226 g/mol. The van der Waals surface area contributed by atoms with Crippen LogP contribution in [0.5, 0.6) is 0 Å². The molecular formula is C10H14N2O4. The minimum absolute atomic E-state index is 0.0589. The number of aliphatic carboxylic acids is 1. The maximum Gasteiger partial charge on any atom is 0.303 e. The van der Waals surface area contributed by atoms with Crippen molar-refractivity contribution < 1.29 is 19.2 Å². The van der Waals surface area contributed by atoms with Crippen molar-refractivity contribution in [1.29, 1.82) is 0 Å². The molecule has 1 rings (SSSR count). The van der Waals surface area contributed by atoms with E-state index in [1.54, 1.807) is 13.0 Å². The van der Waals surface area contributed by atoms with E-state index in [0.717, 1.165) is 0 Å². The van der Waals surface area contributed by atoms with Gasteiger partial charge >= 0.3 is 5.97 Å². The zero-order valence-electron chi connectivity index (χ0n) is 9.02. The van der Waals surface area contributed by atoms with Gasteiger partial charge in [0.25, 0.3) is 0 Å². The van der Waals surface area contributed by atoms with Gasteiger partial charge in [-0.15, -0.1) is 0 Å². The van der Waals surface area contributed by atoms with Gasteiger partial charge in [-0.05, 0) is 13.3 Å². The lowest BCUT2D eigenvalue weighted by molar-refractivity contribution is -0.137. The molecule has 0 atom stereocenters. The van der Waals surface area contributed by atoms with E-state index < -0.39 is 5.97 Å². The third-order valence-corrected chi connectivity index (χ3v) is 1.91. The van der Waals surface area contributed by atoms with Gasteiger partial charge in [-0.25, -0.2) is 0 Å². The molecule has 0 saturated heterocycles. The van der Waals surface area contributed by atoms with Gasteiger partial charge in [0.15, 0.2) is 0 Å². The van der Waals surface area contributed by atoms with Crippen molar-refractivity contribution >= 4 is 11.9 Å². The summed E-state index contributed by atoms with van der Waals surface area (Å²) in [6.45, 7) is 2.11. The first-order valence-electron chi connectivity index (χ1n) is 4.98. The van der Waals surface area contributed by atoms with E-state index in [1.165, 1.54) is 0 Å². The van der Waals surface area contributed by atoms with E-state index >= 15 is 0 Å². The third kappa shape index (κ3) is 4.59. The fourth-order valence-corrected chi connectivity index (χ4v) is 1.20. The van der Waals surface area contributed by atoms with Gasteiger partial charge in [-0.1, -0.05) is 5.16 Å². The summed E-state index contributed by atoms with van der Waals surface area (Å²) in [7, 11) is 0. The highest BCUT2D eigenvalue weighted by molar-refractivity contribution is 5.78. The zero-order chi connectivity index (χ0) is 12.0.